The third kappa shape index (κ3) is 5.17. The highest BCUT2D eigenvalue weighted by atomic mass is 16.6. The number of ether oxygens (including phenoxy) is 1. The monoisotopic (exact) mass is 301 g/mol. The van der Waals surface area contributed by atoms with Crippen molar-refractivity contribution in [1.29, 1.82) is 0 Å². The molecule has 0 aromatic rings. The second-order valence-electron chi connectivity index (χ2n) is 6.80. The van der Waals surface area contributed by atoms with Gasteiger partial charge in [0.2, 0.25) is 0 Å². The molecule has 1 aliphatic heterocycles. The first kappa shape index (κ1) is 17.7. The number of carboxylic acids is 1. The van der Waals surface area contributed by atoms with Crippen molar-refractivity contribution in [2.24, 2.45) is 0 Å². The molecule has 7 heteroatoms. The van der Waals surface area contributed by atoms with Gasteiger partial charge in [-0.2, -0.15) is 0 Å². The number of hydrogen-bond donors (Lipinski definition) is 3. The largest absolute Gasteiger partial charge is 0.480 e. The van der Waals surface area contributed by atoms with Crippen molar-refractivity contribution >= 4 is 12.1 Å². The topological polar surface area (TPSA) is 90.9 Å². The van der Waals surface area contributed by atoms with Gasteiger partial charge in [-0.25, -0.2) is 9.59 Å². The lowest BCUT2D eigenvalue weighted by molar-refractivity contribution is -0.139. The lowest BCUT2D eigenvalue weighted by Gasteiger charge is -2.48. The summed E-state index contributed by atoms with van der Waals surface area (Å²) in [5.41, 5.74) is -0.667. The molecule has 1 saturated heterocycles. The normalized spacial score (nSPS) is 18.8. The molecule has 0 aliphatic carbocycles. The van der Waals surface area contributed by atoms with Gasteiger partial charge in [0.25, 0.3) is 0 Å². The molecule has 0 aromatic carbocycles. The number of carboxylic acid groups (broad SMARTS) is 1. The van der Waals surface area contributed by atoms with E-state index in [-0.39, 0.29) is 5.54 Å². The van der Waals surface area contributed by atoms with Gasteiger partial charge in [0, 0.05) is 18.6 Å². The predicted octanol–water partition coefficient (Wildman–Crippen LogP) is 0.648. The molecule has 1 heterocycles. The Kier molecular flexibility index (Phi) is 5.58. The minimum Gasteiger partial charge on any atom is -0.480 e. The van der Waals surface area contributed by atoms with E-state index in [9.17, 15) is 14.7 Å². The van der Waals surface area contributed by atoms with Gasteiger partial charge in [0.05, 0.1) is 0 Å². The third-order valence-corrected chi connectivity index (χ3v) is 3.74. The molecule has 3 N–H and O–H groups in total. The highest BCUT2D eigenvalue weighted by Crippen LogP contribution is 2.24. The summed E-state index contributed by atoms with van der Waals surface area (Å²) in [7, 11) is 3.97. The van der Waals surface area contributed by atoms with Gasteiger partial charge < -0.3 is 25.4 Å². The Morgan fingerprint density at radius 3 is 2.29 bits per heavy atom. The number of carbonyl (C=O) groups excluding carboxylic acids is 1. The zero-order chi connectivity index (χ0) is 16.3. The first-order valence-electron chi connectivity index (χ1n) is 7.16. The van der Waals surface area contributed by atoms with E-state index >= 15 is 0 Å². The molecule has 1 atom stereocenters. The molecule has 0 bridgehead atoms. The first-order chi connectivity index (χ1) is 9.56. The Labute approximate surface area is 126 Å². The van der Waals surface area contributed by atoms with Crippen LogP contribution in [-0.2, 0) is 9.53 Å². The van der Waals surface area contributed by atoms with E-state index in [0.29, 0.717) is 12.8 Å². The number of hydrogen-bond acceptors (Lipinski definition) is 5. The zero-order valence-electron chi connectivity index (χ0n) is 13.5. The van der Waals surface area contributed by atoms with E-state index in [0.717, 1.165) is 13.1 Å². The maximum absolute atomic E-state index is 11.7. The number of alkyl carbamates (subject to hydrolysis) is 1. The van der Waals surface area contributed by atoms with Crippen LogP contribution in [0.25, 0.3) is 0 Å². The lowest BCUT2D eigenvalue weighted by Crippen LogP contribution is -2.67. The number of carbonyl (C=O) groups is 2. The van der Waals surface area contributed by atoms with Gasteiger partial charge >= 0.3 is 12.1 Å². The van der Waals surface area contributed by atoms with Crippen molar-refractivity contribution in [2.45, 2.75) is 50.8 Å². The van der Waals surface area contributed by atoms with E-state index in [1.165, 1.54) is 0 Å². The molecule has 1 aliphatic rings. The zero-order valence-corrected chi connectivity index (χ0v) is 13.5. The summed E-state index contributed by atoms with van der Waals surface area (Å²) in [5.74, 6) is -1.04. The predicted molar refractivity (Wildman–Crippen MR) is 79.3 cm³/mol. The van der Waals surface area contributed by atoms with Crippen LogP contribution in [0.15, 0.2) is 0 Å². The molecule has 0 spiro atoms. The fourth-order valence-corrected chi connectivity index (χ4v) is 2.25. The van der Waals surface area contributed by atoms with E-state index < -0.39 is 23.7 Å². The fourth-order valence-electron chi connectivity index (χ4n) is 2.25. The third-order valence-electron chi connectivity index (χ3n) is 3.74. The quantitative estimate of drug-likeness (QED) is 0.667. The molecular formula is C14H27N3O4. The molecule has 1 unspecified atom stereocenters. The molecule has 7 nitrogen and oxygen atoms in total. The van der Waals surface area contributed by atoms with Crippen LogP contribution in [-0.4, -0.2) is 66.4 Å². The number of amides is 1. The number of rotatable bonds is 6. The summed E-state index contributed by atoms with van der Waals surface area (Å²) in [6.45, 7) is 6.88. The van der Waals surface area contributed by atoms with Gasteiger partial charge in [-0.1, -0.05) is 0 Å². The lowest BCUT2D eigenvalue weighted by atomic mass is 9.84. The van der Waals surface area contributed by atoms with Crippen molar-refractivity contribution in [3.05, 3.63) is 0 Å². The standard InChI is InChI=1S/C14H27N3O4/c1-13(2,3)21-12(20)16-10(11(18)19)6-7-14(17(4)5)8-15-9-14/h10,15H,6-9H2,1-5H3,(H,16,20)(H,18,19). The van der Waals surface area contributed by atoms with Crippen molar-refractivity contribution in [3.63, 3.8) is 0 Å². The summed E-state index contributed by atoms with van der Waals surface area (Å²) >= 11 is 0. The van der Waals surface area contributed by atoms with Gasteiger partial charge in [0.15, 0.2) is 0 Å². The van der Waals surface area contributed by atoms with Crippen molar-refractivity contribution in [3.8, 4) is 0 Å². The van der Waals surface area contributed by atoms with E-state index in [1.54, 1.807) is 20.8 Å². The van der Waals surface area contributed by atoms with E-state index in [4.69, 9.17) is 4.74 Å². The molecule has 0 radical (unpaired) electrons. The average molecular weight is 301 g/mol. The summed E-state index contributed by atoms with van der Waals surface area (Å²) in [6, 6.07) is -0.933. The van der Waals surface area contributed by atoms with Crippen LogP contribution in [0.4, 0.5) is 4.79 Å². The SMILES string of the molecule is CN(C)C1(CCC(NC(=O)OC(C)(C)C)C(=O)O)CNC1. The first-order valence-corrected chi connectivity index (χ1v) is 7.16. The molecule has 122 valence electrons. The maximum Gasteiger partial charge on any atom is 0.408 e. The van der Waals surface area contributed by atoms with Crippen LogP contribution in [0, 0.1) is 0 Å². The number of nitrogens with one attached hydrogen (secondary N) is 2. The van der Waals surface area contributed by atoms with Crippen LogP contribution in [0.3, 0.4) is 0 Å². The highest BCUT2D eigenvalue weighted by molar-refractivity contribution is 5.79. The summed E-state index contributed by atoms with van der Waals surface area (Å²) in [6.07, 6.45) is 0.370. The van der Waals surface area contributed by atoms with Gasteiger partial charge in [-0.05, 0) is 47.7 Å². The molecular weight excluding hydrogens is 274 g/mol. The van der Waals surface area contributed by atoms with Crippen LogP contribution in [0.1, 0.15) is 33.6 Å². The fraction of sp³-hybridized carbons (Fsp3) is 0.857. The number of aliphatic carboxylic acids is 1. The Hall–Kier alpha value is -1.34. The van der Waals surface area contributed by atoms with E-state index in [1.807, 2.05) is 14.1 Å². The summed E-state index contributed by atoms with van der Waals surface area (Å²) < 4.78 is 5.10. The van der Waals surface area contributed by atoms with Gasteiger partial charge in [-0.3, -0.25) is 0 Å². The molecule has 1 rings (SSSR count). The van der Waals surface area contributed by atoms with Crippen LogP contribution >= 0.6 is 0 Å². The maximum atomic E-state index is 11.7. The van der Waals surface area contributed by atoms with Crippen LogP contribution in [0.2, 0.25) is 0 Å². The molecule has 0 aromatic heterocycles. The minimum atomic E-state index is -1.04. The summed E-state index contributed by atoms with van der Waals surface area (Å²) in [5, 5.41) is 14.9. The highest BCUT2D eigenvalue weighted by Gasteiger charge is 2.40. The van der Waals surface area contributed by atoms with Gasteiger partial charge in [0.1, 0.15) is 11.6 Å². The Bertz CT molecular complexity index is 386. The minimum absolute atomic E-state index is 0.0245. The summed E-state index contributed by atoms with van der Waals surface area (Å²) in [4.78, 5) is 25.1. The number of nitrogens with zero attached hydrogens (tertiary/aromatic N) is 1. The Morgan fingerprint density at radius 1 is 1.38 bits per heavy atom. The second kappa shape index (κ2) is 6.62. The molecule has 1 amide bonds. The van der Waals surface area contributed by atoms with Crippen molar-refractivity contribution in [1.82, 2.24) is 15.5 Å². The second-order valence-corrected chi connectivity index (χ2v) is 6.80. The van der Waals surface area contributed by atoms with Gasteiger partial charge in [-0.15, -0.1) is 0 Å². The van der Waals surface area contributed by atoms with Crippen LogP contribution in [0.5, 0.6) is 0 Å². The van der Waals surface area contributed by atoms with Crippen LogP contribution < -0.4 is 10.6 Å². The molecule has 21 heavy (non-hydrogen) atoms. The Balaban J connectivity index is 2.54. The number of likely N-dealkylation sites (N-methyl/N-ethyl adjacent to an activating group) is 1. The molecule has 1 fully saturated rings. The molecule has 0 saturated carbocycles. The van der Waals surface area contributed by atoms with Crippen molar-refractivity contribution in [2.75, 3.05) is 27.2 Å². The smallest absolute Gasteiger partial charge is 0.408 e. The van der Waals surface area contributed by atoms with E-state index in [2.05, 4.69) is 15.5 Å². The Morgan fingerprint density at radius 2 is 1.95 bits per heavy atom. The van der Waals surface area contributed by atoms with Crippen molar-refractivity contribution < 1.29 is 19.4 Å². The average Bonchev–Trinajstić information content (AvgIpc) is 2.22.